The van der Waals surface area contributed by atoms with E-state index in [0.717, 1.165) is 25.7 Å². The lowest BCUT2D eigenvalue weighted by molar-refractivity contribution is 0.342. The van der Waals surface area contributed by atoms with Crippen LogP contribution in [0, 0.1) is 0 Å². The first-order valence-corrected chi connectivity index (χ1v) is 7.94. The Bertz CT molecular complexity index is 532. The maximum absolute atomic E-state index is 12.6. The fraction of sp³-hybridized carbons (Fsp3) is 0.583. The summed E-state index contributed by atoms with van der Waals surface area (Å²) < 4.78 is 26.9. The zero-order valence-electron chi connectivity index (χ0n) is 11.0. The first-order valence-electron chi connectivity index (χ1n) is 6.50. The Morgan fingerprint density at radius 3 is 2.95 bits per heavy atom. The van der Waals surface area contributed by atoms with E-state index in [0.29, 0.717) is 12.4 Å². The average Bonchev–Trinajstić information content (AvgIpc) is 2.64. The van der Waals surface area contributed by atoms with E-state index in [4.69, 9.17) is 5.84 Å². The molecule has 19 heavy (non-hydrogen) atoms. The van der Waals surface area contributed by atoms with Crippen LogP contribution in [-0.2, 0) is 10.0 Å². The average molecular weight is 284 g/mol. The Labute approximate surface area is 114 Å². The van der Waals surface area contributed by atoms with E-state index < -0.39 is 10.0 Å². The number of nitrogens with zero attached hydrogens (tertiary/aromatic N) is 2. The monoisotopic (exact) mass is 284 g/mol. The number of nitrogen functional groups attached to an aromatic ring is 1. The van der Waals surface area contributed by atoms with Crippen molar-refractivity contribution in [1.82, 2.24) is 9.29 Å². The molecule has 6 nitrogen and oxygen atoms in total. The molecule has 7 heteroatoms. The van der Waals surface area contributed by atoms with Crippen molar-refractivity contribution >= 4 is 15.8 Å². The number of hydrogen-bond acceptors (Lipinski definition) is 5. The van der Waals surface area contributed by atoms with Gasteiger partial charge in [0.05, 0.1) is 4.90 Å². The van der Waals surface area contributed by atoms with E-state index in [9.17, 15) is 8.42 Å². The van der Waals surface area contributed by atoms with Gasteiger partial charge in [-0.25, -0.2) is 19.2 Å². The van der Waals surface area contributed by atoms with Crippen molar-refractivity contribution < 1.29 is 8.42 Å². The molecule has 1 unspecified atom stereocenters. The maximum atomic E-state index is 12.6. The third-order valence-corrected chi connectivity index (χ3v) is 5.49. The molecule has 0 amide bonds. The molecule has 106 valence electrons. The van der Waals surface area contributed by atoms with Gasteiger partial charge in [-0.15, -0.1) is 0 Å². The van der Waals surface area contributed by atoms with Crippen LogP contribution in [0.15, 0.2) is 23.2 Å². The minimum absolute atomic E-state index is 0.0370. The van der Waals surface area contributed by atoms with Crippen LogP contribution in [0.4, 0.5) is 5.82 Å². The second-order valence-corrected chi connectivity index (χ2v) is 6.73. The molecule has 1 saturated heterocycles. The van der Waals surface area contributed by atoms with Gasteiger partial charge in [0.25, 0.3) is 0 Å². The van der Waals surface area contributed by atoms with E-state index in [2.05, 4.69) is 10.4 Å². The number of rotatable bonds is 3. The minimum atomic E-state index is -3.47. The Hall–Kier alpha value is -1.18. The molecule has 1 fully saturated rings. The van der Waals surface area contributed by atoms with Crippen molar-refractivity contribution in [1.29, 1.82) is 0 Å². The van der Waals surface area contributed by atoms with Crippen molar-refractivity contribution in [3.05, 3.63) is 18.3 Å². The summed E-state index contributed by atoms with van der Waals surface area (Å²) in [4.78, 5) is 4.17. The van der Waals surface area contributed by atoms with Crippen LogP contribution in [0.3, 0.4) is 0 Å². The summed E-state index contributed by atoms with van der Waals surface area (Å²) in [6.07, 6.45) is 5.44. The van der Waals surface area contributed by atoms with Gasteiger partial charge in [0.1, 0.15) is 5.82 Å². The summed E-state index contributed by atoms with van der Waals surface area (Å²) in [5, 5.41) is 0. The molecule has 2 rings (SSSR count). The lowest BCUT2D eigenvalue weighted by Crippen LogP contribution is -2.38. The van der Waals surface area contributed by atoms with Crippen LogP contribution in [0.2, 0.25) is 0 Å². The summed E-state index contributed by atoms with van der Waals surface area (Å²) in [6.45, 7) is 2.55. The van der Waals surface area contributed by atoms with Crippen LogP contribution in [-0.4, -0.2) is 30.3 Å². The number of hydrogen-bond donors (Lipinski definition) is 2. The summed E-state index contributed by atoms with van der Waals surface area (Å²) in [5.41, 5.74) is 2.37. The maximum Gasteiger partial charge on any atom is 0.243 e. The number of hydrazine groups is 1. The number of nitrogens with one attached hydrogen (secondary N) is 1. The highest BCUT2D eigenvalue weighted by Crippen LogP contribution is 2.25. The molecule has 1 atom stereocenters. The molecule has 2 heterocycles. The van der Waals surface area contributed by atoms with Crippen molar-refractivity contribution in [2.75, 3.05) is 12.0 Å². The second kappa shape index (κ2) is 5.85. The predicted molar refractivity (Wildman–Crippen MR) is 73.9 cm³/mol. The van der Waals surface area contributed by atoms with Gasteiger partial charge < -0.3 is 5.43 Å². The number of nitrogens with two attached hydrogens (primary N) is 1. The lowest BCUT2D eigenvalue weighted by atomic mass is 10.1. The molecule has 0 aliphatic carbocycles. The minimum Gasteiger partial charge on any atom is -0.308 e. The Balaban J connectivity index is 2.34. The highest BCUT2D eigenvalue weighted by molar-refractivity contribution is 7.89. The van der Waals surface area contributed by atoms with Gasteiger partial charge in [0, 0.05) is 24.8 Å². The van der Waals surface area contributed by atoms with Crippen LogP contribution in [0.25, 0.3) is 0 Å². The van der Waals surface area contributed by atoms with Crippen molar-refractivity contribution in [2.45, 2.75) is 43.5 Å². The molecule has 1 aromatic rings. The summed E-state index contributed by atoms with van der Waals surface area (Å²) >= 11 is 0. The van der Waals surface area contributed by atoms with Crippen molar-refractivity contribution in [3.63, 3.8) is 0 Å². The summed E-state index contributed by atoms with van der Waals surface area (Å²) in [7, 11) is -3.47. The van der Waals surface area contributed by atoms with Gasteiger partial charge in [-0.05, 0) is 25.8 Å². The molecule has 0 spiro atoms. The molecular weight excluding hydrogens is 264 g/mol. The van der Waals surface area contributed by atoms with E-state index in [1.54, 1.807) is 4.31 Å². The summed E-state index contributed by atoms with van der Waals surface area (Å²) in [5.74, 6) is 5.62. The molecule has 1 aromatic heterocycles. The van der Waals surface area contributed by atoms with Crippen LogP contribution >= 0.6 is 0 Å². The molecule has 3 N–H and O–H groups in total. The van der Waals surface area contributed by atoms with E-state index in [-0.39, 0.29) is 10.9 Å². The fourth-order valence-electron chi connectivity index (χ4n) is 2.39. The largest absolute Gasteiger partial charge is 0.308 e. The zero-order chi connectivity index (χ0) is 13.9. The second-order valence-electron chi connectivity index (χ2n) is 4.84. The Morgan fingerprint density at radius 2 is 2.21 bits per heavy atom. The first kappa shape index (κ1) is 14.2. The number of pyridine rings is 1. The molecule has 0 radical (unpaired) electrons. The molecule has 0 bridgehead atoms. The van der Waals surface area contributed by atoms with E-state index >= 15 is 0 Å². The van der Waals surface area contributed by atoms with Crippen molar-refractivity contribution in [2.24, 2.45) is 5.84 Å². The van der Waals surface area contributed by atoms with Gasteiger partial charge >= 0.3 is 0 Å². The molecule has 0 aromatic carbocycles. The van der Waals surface area contributed by atoms with Crippen molar-refractivity contribution in [3.8, 4) is 0 Å². The van der Waals surface area contributed by atoms with Gasteiger partial charge in [0.15, 0.2) is 0 Å². The Kier molecular flexibility index (Phi) is 4.38. The molecule has 0 saturated carbocycles. The number of sulfonamides is 1. The molecule has 1 aliphatic rings. The molecular formula is C12H20N4O2S. The highest BCUT2D eigenvalue weighted by Gasteiger charge is 2.30. The quantitative estimate of drug-likeness (QED) is 0.645. The van der Waals surface area contributed by atoms with E-state index in [1.807, 2.05) is 6.92 Å². The van der Waals surface area contributed by atoms with Crippen LogP contribution in [0.5, 0.6) is 0 Å². The van der Waals surface area contributed by atoms with Gasteiger partial charge in [-0.2, -0.15) is 4.31 Å². The third kappa shape index (κ3) is 3.05. The summed E-state index contributed by atoms with van der Waals surface area (Å²) in [6, 6.07) is 3.01. The smallest absolute Gasteiger partial charge is 0.243 e. The number of aromatic nitrogens is 1. The normalized spacial score (nSPS) is 21.9. The topological polar surface area (TPSA) is 88.3 Å². The van der Waals surface area contributed by atoms with Crippen LogP contribution in [0.1, 0.15) is 32.6 Å². The standard InChI is InChI=1S/C12H20N4O2S/c1-10-5-3-2-4-8-16(10)19(17,18)11-6-7-14-12(9-11)15-13/h6-7,9-10H,2-5,8,13H2,1H3,(H,14,15). The lowest BCUT2D eigenvalue weighted by Gasteiger charge is -2.26. The Morgan fingerprint density at radius 1 is 1.42 bits per heavy atom. The fourth-order valence-corrected chi connectivity index (χ4v) is 4.10. The van der Waals surface area contributed by atoms with Gasteiger partial charge in [0.2, 0.25) is 10.0 Å². The van der Waals surface area contributed by atoms with Gasteiger partial charge in [-0.1, -0.05) is 12.8 Å². The highest BCUT2D eigenvalue weighted by atomic mass is 32.2. The SMILES string of the molecule is CC1CCCCCN1S(=O)(=O)c1ccnc(NN)c1. The molecule has 1 aliphatic heterocycles. The van der Waals surface area contributed by atoms with E-state index in [1.165, 1.54) is 18.3 Å². The van der Waals surface area contributed by atoms with Crippen LogP contribution < -0.4 is 11.3 Å². The predicted octanol–water partition coefficient (Wildman–Crippen LogP) is 1.32. The first-order chi connectivity index (χ1) is 9.05. The number of anilines is 1. The zero-order valence-corrected chi connectivity index (χ0v) is 11.9. The van der Waals surface area contributed by atoms with Gasteiger partial charge in [-0.3, -0.25) is 0 Å². The third-order valence-electron chi connectivity index (χ3n) is 3.48.